The molecule has 2 aromatic carbocycles. The van der Waals surface area contributed by atoms with Gasteiger partial charge in [0.2, 0.25) is 0 Å². The van der Waals surface area contributed by atoms with Crippen LogP contribution in [0.1, 0.15) is 80.4 Å². The van der Waals surface area contributed by atoms with E-state index in [-0.39, 0.29) is 12.2 Å². The molecule has 2 unspecified atom stereocenters. The third-order valence-corrected chi connectivity index (χ3v) is 5.07. The number of hydrogen-bond donors (Lipinski definition) is 0. The van der Waals surface area contributed by atoms with Gasteiger partial charge in [-0.2, -0.15) is 0 Å². The summed E-state index contributed by atoms with van der Waals surface area (Å²) in [6, 6.07) is 17.5. The Morgan fingerprint density at radius 2 is 0.963 bits per heavy atom. The molecule has 0 aromatic heterocycles. The van der Waals surface area contributed by atoms with Crippen molar-refractivity contribution in [2.24, 2.45) is 0 Å². The summed E-state index contributed by atoms with van der Waals surface area (Å²) in [6.07, 6.45) is 6.19. The van der Waals surface area contributed by atoms with E-state index in [1.165, 1.54) is 41.5 Å². The molecule has 0 aliphatic carbocycles. The molecule has 0 aliphatic rings. The first-order chi connectivity index (χ1) is 13.1. The fourth-order valence-corrected chi connectivity index (χ4v) is 3.49. The van der Waals surface area contributed by atoms with E-state index in [0.717, 1.165) is 26.1 Å². The number of hydrogen-bond acceptors (Lipinski definition) is 2. The van der Waals surface area contributed by atoms with Crippen LogP contribution in [0.4, 0.5) is 0 Å². The van der Waals surface area contributed by atoms with Gasteiger partial charge in [0, 0.05) is 13.2 Å². The lowest BCUT2D eigenvalue weighted by Gasteiger charge is -2.19. The quantitative estimate of drug-likeness (QED) is 0.372. The molecule has 0 aliphatic heterocycles. The highest BCUT2D eigenvalue weighted by atomic mass is 16.5. The minimum atomic E-state index is 0.218. The van der Waals surface area contributed by atoms with E-state index >= 15 is 0 Å². The largest absolute Gasteiger partial charge is 0.374 e. The molecular weight excluding hydrogens is 332 g/mol. The lowest BCUT2D eigenvalue weighted by molar-refractivity contribution is 0.0490. The average Bonchev–Trinajstić information content (AvgIpc) is 2.67. The predicted molar refractivity (Wildman–Crippen MR) is 114 cm³/mol. The van der Waals surface area contributed by atoms with Gasteiger partial charge in [-0.05, 0) is 51.7 Å². The number of aryl methyl sites for hydroxylation is 2. The van der Waals surface area contributed by atoms with E-state index < -0.39 is 0 Å². The summed E-state index contributed by atoms with van der Waals surface area (Å²) in [4.78, 5) is 0. The lowest BCUT2D eigenvalue weighted by Crippen LogP contribution is -2.06. The van der Waals surface area contributed by atoms with Gasteiger partial charge in [-0.3, -0.25) is 0 Å². The summed E-state index contributed by atoms with van der Waals surface area (Å²) >= 11 is 0. The molecule has 2 rings (SSSR count). The standard InChI is InChI=1S/C25H36O2/c1-5-26-24(22-16-12-20(3)13-17-22)10-8-7-9-11-25(27-6-2)23-18-14-21(4)15-19-23/h12-19,24-25H,5-11H2,1-4H3. The molecule has 2 nitrogen and oxygen atoms in total. The fraction of sp³-hybridized carbons (Fsp3) is 0.520. The Morgan fingerprint density at radius 3 is 1.30 bits per heavy atom. The van der Waals surface area contributed by atoms with E-state index in [2.05, 4.69) is 76.2 Å². The molecule has 0 N–H and O–H groups in total. The molecular formula is C25H36O2. The molecule has 0 radical (unpaired) electrons. The van der Waals surface area contributed by atoms with E-state index in [1.807, 2.05) is 0 Å². The minimum absolute atomic E-state index is 0.218. The van der Waals surface area contributed by atoms with Crippen molar-refractivity contribution in [3.63, 3.8) is 0 Å². The first-order valence-electron chi connectivity index (χ1n) is 10.5. The Kier molecular flexibility index (Phi) is 9.58. The molecule has 0 heterocycles. The van der Waals surface area contributed by atoms with Crippen LogP contribution in [0.5, 0.6) is 0 Å². The number of rotatable bonds is 12. The zero-order chi connectivity index (χ0) is 19.5. The van der Waals surface area contributed by atoms with Crippen LogP contribution in [-0.4, -0.2) is 13.2 Å². The summed E-state index contributed by atoms with van der Waals surface area (Å²) in [5.74, 6) is 0. The first-order valence-corrected chi connectivity index (χ1v) is 10.5. The second-order valence-electron chi connectivity index (χ2n) is 7.35. The number of unbranched alkanes of at least 4 members (excludes halogenated alkanes) is 2. The number of ether oxygens (including phenoxy) is 2. The van der Waals surface area contributed by atoms with E-state index in [4.69, 9.17) is 9.47 Å². The third-order valence-electron chi connectivity index (χ3n) is 5.07. The van der Waals surface area contributed by atoms with Gasteiger partial charge in [-0.15, -0.1) is 0 Å². The maximum absolute atomic E-state index is 5.99. The topological polar surface area (TPSA) is 18.5 Å². The maximum Gasteiger partial charge on any atom is 0.0824 e. The van der Waals surface area contributed by atoms with E-state index in [9.17, 15) is 0 Å². The molecule has 0 fully saturated rings. The van der Waals surface area contributed by atoms with Crippen molar-refractivity contribution in [1.29, 1.82) is 0 Å². The molecule has 27 heavy (non-hydrogen) atoms. The second-order valence-corrected chi connectivity index (χ2v) is 7.35. The van der Waals surface area contributed by atoms with Gasteiger partial charge in [0.1, 0.15) is 0 Å². The van der Waals surface area contributed by atoms with Gasteiger partial charge in [0.05, 0.1) is 12.2 Å². The van der Waals surface area contributed by atoms with Gasteiger partial charge in [0.25, 0.3) is 0 Å². The zero-order valence-electron chi connectivity index (χ0n) is 17.5. The van der Waals surface area contributed by atoms with Crippen molar-refractivity contribution in [1.82, 2.24) is 0 Å². The second kappa shape index (κ2) is 11.9. The molecule has 2 heteroatoms. The van der Waals surface area contributed by atoms with Crippen molar-refractivity contribution in [2.75, 3.05) is 13.2 Å². The van der Waals surface area contributed by atoms with Crippen molar-refractivity contribution >= 4 is 0 Å². The molecule has 148 valence electrons. The zero-order valence-corrected chi connectivity index (χ0v) is 17.5. The van der Waals surface area contributed by atoms with Crippen molar-refractivity contribution < 1.29 is 9.47 Å². The highest BCUT2D eigenvalue weighted by Gasteiger charge is 2.13. The summed E-state index contributed by atoms with van der Waals surface area (Å²) in [7, 11) is 0. The van der Waals surface area contributed by atoms with E-state index in [1.54, 1.807) is 0 Å². The van der Waals surface area contributed by atoms with Gasteiger partial charge in [-0.1, -0.05) is 78.9 Å². The highest BCUT2D eigenvalue weighted by molar-refractivity contribution is 5.24. The fourth-order valence-electron chi connectivity index (χ4n) is 3.49. The summed E-state index contributed by atoms with van der Waals surface area (Å²) < 4.78 is 12.0. The highest BCUT2D eigenvalue weighted by Crippen LogP contribution is 2.27. The Balaban J connectivity index is 1.79. The van der Waals surface area contributed by atoms with Crippen LogP contribution in [0, 0.1) is 13.8 Å². The molecule has 2 atom stereocenters. The Hall–Kier alpha value is -1.64. The van der Waals surface area contributed by atoms with Crippen molar-refractivity contribution in [3.8, 4) is 0 Å². The maximum atomic E-state index is 5.99. The molecule has 0 spiro atoms. The van der Waals surface area contributed by atoms with Gasteiger partial charge in [0.15, 0.2) is 0 Å². The lowest BCUT2D eigenvalue weighted by atomic mass is 9.99. The molecule has 0 saturated heterocycles. The van der Waals surface area contributed by atoms with Gasteiger partial charge in [-0.25, -0.2) is 0 Å². The normalized spacial score (nSPS) is 13.5. The first kappa shape index (κ1) is 21.7. The Labute approximate surface area is 165 Å². The van der Waals surface area contributed by atoms with Crippen LogP contribution >= 0.6 is 0 Å². The van der Waals surface area contributed by atoms with Gasteiger partial charge < -0.3 is 9.47 Å². The third kappa shape index (κ3) is 7.48. The Morgan fingerprint density at radius 1 is 0.593 bits per heavy atom. The van der Waals surface area contributed by atoms with Crippen molar-refractivity contribution in [2.45, 2.75) is 72.0 Å². The summed E-state index contributed by atoms with van der Waals surface area (Å²) in [6.45, 7) is 9.94. The average molecular weight is 369 g/mol. The number of benzene rings is 2. The van der Waals surface area contributed by atoms with Gasteiger partial charge >= 0.3 is 0 Å². The van der Waals surface area contributed by atoms with Crippen LogP contribution in [0.15, 0.2) is 48.5 Å². The van der Waals surface area contributed by atoms with Crippen molar-refractivity contribution in [3.05, 3.63) is 70.8 Å². The molecule has 2 aromatic rings. The van der Waals surface area contributed by atoms with Crippen LogP contribution in [0.25, 0.3) is 0 Å². The summed E-state index contributed by atoms with van der Waals surface area (Å²) in [5.41, 5.74) is 5.20. The monoisotopic (exact) mass is 368 g/mol. The predicted octanol–water partition coefficient (Wildman–Crippen LogP) is 7.11. The smallest absolute Gasteiger partial charge is 0.0824 e. The SMILES string of the molecule is CCOC(CCCCCC(OCC)c1ccc(C)cc1)c1ccc(C)cc1. The van der Waals surface area contributed by atoms with Crippen LogP contribution < -0.4 is 0 Å². The Bertz CT molecular complexity index is 573. The van der Waals surface area contributed by atoms with Crippen LogP contribution in [-0.2, 0) is 9.47 Å². The molecule has 0 saturated carbocycles. The van der Waals surface area contributed by atoms with Crippen LogP contribution in [0.3, 0.4) is 0 Å². The van der Waals surface area contributed by atoms with Crippen LogP contribution in [0.2, 0.25) is 0 Å². The van der Waals surface area contributed by atoms with E-state index in [0.29, 0.717) is 0 Å². The summed E-state index contributed by atoms with van der Waals surface area (Å²) in [5, 5.41) is 0. The minimum Gasteiger partial charge on any atom is -0.374 e. The molecule has 0 bridgehead atoms. The molecule has 0 amide bonds.